The van der Waals surface area contributed by atoms with Gasteiger partial charge in [0, 0.05) is 50.5 Å². The second-order valence-corrected chi connectivity index (χ2v) is 8.48. The Balaban J connectivity index is 1.73. The summed E-state index contributed by atoms with van der Waals surface area (Å²) >= 11 is 1.64. The molecule has 7 nitrogen and oxygen atoms in total. The Labute approximate surface area is 134 Å². The van der Waals surface area contributed by atoms with E-state index in [4.69, 9.17) is 0 Å². The fourth-order valence-corrected chi connectivity index (χ4v) is 4.65. The zero-order valence-corrected chi connectivity index (χ0v) is 14.5. The lowest BCUT2D eigenvalue weighted by molar-refractivity contribution is 0.383. The molecule has 0 radical (unpaired) electrons. The predicted octanol–water partition coefficient (Wildman–Crippen LogP) is 1.00. The van der Waals surface area contributed by atoms with Crippen LogP contribution in [0.1, 0.15) is 10.7 Å². The molecule has 0 saturated carbocycles. The molecule has 1 fully saturated rings. The van der Waals surface area contributed by atoms with Crippen molar-refractivity contribution in [3.63, 3.8) is 0 Å². The Kier molecular flexibility index (Phi) is 3.96. The zero-order valence-electron chi connectivity index (χ0n) is 12.9. The average molecular weight is 341 g/mol. The van der Waals surface area contributed by atoms with Gasteiger partial charge in [-0.2, -0.15) is 4.31 Å². The van der Waals surface area contributed by atoms with E-state index in [1.807, 2.05) is 13.1 Å². The molecule has 2 aromatic rings. The number of piperazine rings is 1. The summed E-state index contributed by atoms with van der Waals surface area (Å²) in [6.45, 7) is 6.02. The lowest BCUT2D eigenvalue weighted by atomic mass is 10.4. The van der Waals surface area contributed by atoms with E-state index in [2.05, 4.69) is 14.9 Å². The van der Waals surface area contributed by atoms with Crippen molar-refractivity contribution in [2.45, 2.75) is 18.9 Å². The molecule has 1 saturated heterocycles. The minimum absolute atomic E-state index is 0.131. The summed E-state index contributed by atoms with van der Waals surface area (Å²) in [5.41, 5.74) is 0. The van der Waals surface area contributed by atoms with E-state index in [1.54, 1.807) is 36.1 Å². The van der Waals surface area contributed by atoms with Crippen LogP contribution in [0.3, 0.4) is 0 Å². The van der Waals surface area contributed by atoms with Gasteiger partial charge in [0.2, 0.25) is 0 Å². The Hall–Kier alpha value is -1.45. The highest BCUT2D eigenvalue weighted by Gasteiger charge is 2.31. The van der Waals surface area contributed by atoms with Gasteiger partial charge in [0.25, 0.3) is 10.0 Å². The average Bonchev–Trinajstić information content (AvgIpc) is 3.06. The molecule has 0 atom stereocenters. The molecule has 0 bridgehead atoms. The maximum absolute atomic E-state index is 12.6. The first kappa shape index (κ1) is 15.4. The molecule has 0 unspecified atom stereocenters. The zero-order chi connectivity index (χ0) is 15.9. The number of thiazole rings is 1. The summed E-state index contributed by atoms with van der Waals surface area (Å²) in [4.78, 5) is 11.8. The van der Waals surface area contributed by atoms with Crippen LogP contribution in [0.2, 0.25) is 0 Å². The second-order valence-electron chi connectivity index (χ2n) is 5.38. The summed E-state index contributed by atoms with van der Waals surface area (Å²) in [6, 6.07) is 0. The van der Waals surface area contributed by atoms with E-state index >= 15 is 0 Å². The number of hydrogen-bond donors (Lipinski definition) is 0. The predicted molar refractivity (Wildman–Crippen MR) is 85.8 cm³/mol. The minimum Gasteiger partial charge on any atom is -0.345 e. The monoisotopic (exact) mass is 341 g/mol. The summed E-state index contributed by atoms with van der Waals surface area (Å²) in [5, 5.41) is 1.09. The van der Waals surface area contributed by atoms with Crippen molar-refractivity contribution in [1.82, 2.24) is 18.8 Å². The fraction of sp³-hybridized carbons (Fsp3) is 0.538. The highest BCUT2D eigenvalue weighted by Crippen LogP contribution is 2.24. The van der Waals surface area contributed by atoms with E-state index in [0.717, 1.165) is 10.0 Å². The Bertz CT molecular complexity index is 753. The number of sulfonamides is 1. The Morgan fingerprint density at radius 2 is 1.86 bits per heavy atom. The van der Waals surface area contributed by atoms with Crippen molar-refractivity contribution in [2.75, 3.05) is 31.1 Å². The van der Waals surface area contributed by atoms with Gasteiger partial charge < -0.3 is 9.47 Å². The highest BCUT2D eigenvalue weighted by atomic mass is 32.2. The Morgan fingerprint density at radius 1 is 1.18 bits per heavy atom. The van der Waals surface area contributed by atoms with Crippen LogP contribution in [-0.4, -0.2) is 53.4 Å². The number of aromatic nitrogens is 3. The fourth-order valence-electron chi connectivity index (χ4n) is 2.39. The third-order valence-corrected chi connectivity index (χ3v) is 6.55. The van der Waals surface area contributed by atoms with E-state index < -0.39 is 10.0 Å². The SMILES string of the molecule is Cc1cnc(N2CCN(S(=O)(=O)c3cn(C)c(C)n3)CC2)s1. The van der Waals surface area contributed by atoms with Crippen LogP contribution in [0, 0.1) is 13.8 Å². The summed E-state index contributed by atoms with van der Waals surface area (Å²) < 4.78 is 28.5. The first-order chi connectivity index (χ1) is 10.4. The molecule has 0 amide bonds. The van der Waals surface area contributed by atoms with Crippen LogP contribution in [0.15, 0.2) is 17.4 Å². The molecule has 120 valence electrons. The highest BCUT2D eigenvalue weighted by molar-refractivity contribution is 7.89. The number of rotatable bonds is 3. The molecule has 0 spiro atoms. The number of nitrogens with zero attached hydrogens (tertiary/aromatic N) is 5. The number of hydrogen-bond acceptors (Lipinski definition) is 6. The topological polar surface area (TPSA) is 71.3 Å². The molecular formula is C13H19N5O2S2. The van der Waals surface area contributed by atoms with E-state index in [-0.39, 0.29) is 5.03 Å². The first-order valence-corrected chi connectivity index (χ1v) is 9.31. The van der Waals surface area contributed by atoms with Gasteiger partial charge in [0.1, 0.15) is 5.82 Å². The van der Waals surface area contributed by atoms with E-state index in [1.165, 1.54) is 4.31 Å². The Morgan fingerprint density at radius 3 is 2.36 bits per heavy atom. The first-order valence-electron chi connectivity index (χ1n) is 7.05. The number of aryl methyl sites for hydroxylation is 3. The molecule has 1 aliphatic rings. The third kappa shape index (κ3) is 2.75. The van der Waals surface area contributed by atoms with Crippen LogP contribution < -0.4 is 4.90 Å². The van der Waals surface area contributed by atoms with Crippen molar-refractivity contribution in [3.8, 4) is 0 Å². The molecule has 1 aliphatic heterocycles. The summed E-state index contributed by atoms with van der Waals surface area (Å²) in [5.74, 6) is 0.690. The molecular weight excluding hydrogens is 322 g/mol. The smallest absolute Gasteiger partial charge is 0.262 e. The van der Waals surface area contributed by atoms with Gasteiger partial charge in [0.15, 0.2) is 10.2 Å². The van der Waals surface area contributed by atoms with Crippen LogP contribution in [0.5, 0.6) is 0 Å². The van der Waals surface area contributed by atoms with Gasteiger partial charge in [-0.3, -0.25) is 0 Å². The van der Waals surface area contributed by atoms with Crippen molar-refractivity contribution >= 4 is 26.5 Å². The molecule has 2 aromatic heterocycles. The molecule has 0 N–H and O–H groups in total. The van der Waals surface area contributed by atoms with Crippen LogP contribution >= 0.6 is 11.3 Å². The molecule has 0 aliphatic carbocycles. The third-order valence-electron chi connectivity index (χ3n) is 3.81. The van der Waals surface area contributed by atoms with Gasteiger partial charge in [-0.25, -0.2) is 18.4 Å². The molecule has 3 heterocycles. The second kappa shape index (κ2) is 5.64. The van der Waals surface area contributed by atoms with Gasteiger partial charge in [-0.05, 0) is 13.8 Å². The maximum Gasteiger partial charge on any atom is 0.262 e. The molecule has 0 aromatic carbocycles. The van der Waals surface area contributed by atoms with E-state index in [0.29, 0.717) is 32.0 Å². The molecule has 9 heteroatoms. The quantitative estimate of drug-likeness (QED) is 0.833. The van der Waals surface area contributed by atoms with Crippen molar-refractivity contribution in [2.24, 2.45) is 7.05 Å². The standard InChI is InChI=1S/C13H19N5O2S2/c1-10-8-14-13(21-10)17-4-6-18(7-5-17)22(19,20)12-9-16(3)11(2)15-12/h8-9H,4-7H2,1-3H3. The molecule has 22 heavy (non-hydrogen) atoms. The van der Waals surface area contributed by atoms with E-state index in [9.17, 15) is 8.42 Å². The van der Waals surface area contributed by atoms with Crippen molar-refractivity contribution in [3.05, 3.63) is 23.1 Å². The van der Waals surface area contributed by atoms with Gasteiger partial charge in [0.05, 0.1) is 0 Å². The molecule has 3 rings (SSSR count). The van der Waals surface area contributed by atoms with Crippen LogP contribution in [0.4, 0.5) is 5.13 Å². The minimum atomic E-state index is -3.51. The van der Waals surface area contributed by atoms with Gasteiger partial charge in [-0.1, -0.05) is 0 Å². The number of imidazole rings is 1. The normalized spacial score (nSPS) is 17.1. The summed E-state index contributed by atoms with van der Waals surface area (Å²) in [6.07, 6.45) is 3.42. The van der Waals surface area contributed by atoms with Gasteiger partial charge in [-0.15, -0.1) is 11.3 Å². The number of anilines is 1. The lowest BCUT2D eigenvalue weighted by Crippen LogP contribution is -2.48. The van der Waals surface area contributed by atoms with Crippen LogP contribution in [-0.2, 0) is 17.1 Å². The van der Waals surface area contributed by atoms with Gasteiger partial charge >= 0.3 is 0 Å². The maximum atomic E-state index is 12.6. The van der Waals surface area contributed by atoms with Crippen molar-refractivity contribution < 1.29 is 8.42 Å². The largest absolute Gasteiger partial charge is 0.345 e. The van der Waals surface area contributed by atoms with Crippen LogP contribution in [0.25, 0.3) is 0 Å². The van der Waals surface area contributed by atoms with Crippen molar-refractivity contribution in [1.29, 1.82) is 0 Å². The summed E-state index contributed by atoms with van der Waals surface area (Å²) in [7, 11) is -1.71. The lowest BCUT2D eigenvalue weighted by Gasteiger charge is -2.33.